The molecule has 2 unspecified atom stereocenters. The first-order chi connectivity index (χ1) is 9.04. The second-order valence-electron chi connectivity index (χ2n) is 4.89. The van der Waals surface area contributed by atoms with E-state index in [4.69, 9.17) is 0 Å². The molecule has 108 valence electrons. The number of amides is 3. The molecule has 1 aliphatic rings. The van der Waals surface area contributed by atoms with Crippen LogP contribution in [0.1, 0.15) is 46.0 Å². The highest BCUT2D eigenvalue weighted by atomic mass is 16.2. The highest BCUT2D eigenvalue weighted by Gasteiger charge is 2.28. The van der Waals surface area contributed by atoms with Gasteiger partial charge in [0.1, 0.15) is 0 Å². The number of imide groups is 1. The fourth-order valence-corrected chi connectivity index (χ4v) is 1.97. The third-order valence-electron chi connectivity index (χ3n) is 3.16. The lowest BCUT2D eigenvalue weighted by molar-refractivity contribution is -0.135. The average molecular weight is 269 g/mol. The topological polar surface area (TPSA) is 87.3 Å². The zero-order valence-corrected chi connectivity index (χ0v) is 11.6. The first-order valence-electron chi connectivity index (χ1n) is 6.92. The number of carbonyl (C=O) groups is 3. The molecular weight excluding hydrogens is 246 g/mol. The Bertz CT molecular complexity index is 344. The largest absolute Gasteiger partial charge is 0.355 e. The van der Waals surface area contributed by atoms with Crippen LogP contribution in [0.5, 0.6) is 0 Å². The van der Waals surface area contributed by atoms with E-state index in [1.165, 1.54) is 0 Å². The lowest BCUT2D eigenvalue weighted by Crippen LogP contribution is -2.55. The molecule has 0 saturated carbocycles. The van der Waals surface area contributed by atoms with Gasteiger partial charge in [-0.3, -0.25) is 25.0 Å². The molecule has 0 aromatic rings. The fourth-order valence-electron chi connectivity index (χ4n) is 1.97. The maximum atomic E-state index is 11.8. The van der Waals surface area contributed by atoms with E-state index in [0.29, 0.717) is 19.4 Å². The number of carbonyl (C=O) groups excluding carboxylic acids is 3. The molecular formula is C13H23N3O3. The Morgan fingerprint density at radius 3 is 2.79 bits per heavy atom. The van der Waals surface area contributed by atoms with Crippen molar-refractivity contribution >= 4 is 17.7 Å². The van der Waals surface area contributed by atoms with Crippen LogP contribution in [0.2, 0.25) is 0 Å². The Labute approximate surface area is 113 Å². The van der Waals surface area contributed by atoms with Crippen molar-refractivity contribution in [2.75, 3.05) is 6.54 Å². The Kier molecular flexibility index (Phi) is 6.49. The monoisotopic (exact) mass is 269 g/mol. The van der Waals surface area contributed by atoms with Crippen molar-refractivity contribution in [1.29, 1.82) is 0 Å². The number of nitrogens with one attached hydrogen (secondary N) is 3. The van der Waals surface area contributed by atoms with E-state index < -0.39 is 12.1 Å². The standard InChI is InChI=1S/C13H23N3O3/c1-3-4-5-8-14-12(18)9(2)15-10-6-7-11(17)16-13(10)19/h9-10,15H,3-8H2,1-2H3,(H,14,18)(H,16,17,19). The summed E-state index contributed by atoms with van der Waals surface area (Å²) in [7, 11) is 0. The van der Waals surface area contributed by atoms with E-state index in [1.54, 1.807) is 6.92 Å². The van der Waals surface area contributed by atoms with Crippen LogP contribution in [0.4, 0.5) is 0 Å². The molecule has 3 amide bonds. The summed E-state index contributed by atoms with van der Waals surface area (Å²) in [5.74, 6) is -0.706. The second kappa shape index (κ2) is 7.89. The zero-order valence-electron chi connectivity index (χ0n) is 11.6. The van der Waals surface area contributed by atoms with Crippen molar-refractivity contribution in [3.63, 3.8) is 0 Å². The Balaban J connectivity index is 2.29. The van der Waals surface area contributed by atoms with E-state index in [0.717, 1.165) is 19.3 Å². The summed E-state index contributed by atoms with van der Waals surface area (Å²) in [5, 5.41) is 8.05. The van der Waals surface area contributed by atoms with Gasteiger partial charge in [0.25, 0.3) is 0 Å². The molecule has 1 heterocycles. The summed E-state index contributed by atoms with van der Waals surface area (Å²) in [6.45, 7) is 4.49. The minimum atomic E-state index is -0.464. The highest BCUT2D eigenvalue weighted by Crippen LogP contribution is 2.05. The fraction of sp³-hybridized carbons (Fsp3) is 0.769. The average Bonchev–Trinajstić information content (AvgIpc) is 2.37. The summed E-state index contributed by atoms with van der Waals surface area (Å²) >= 11 is 0. The number of hydrogen-bond donors (Lipinski definition) is 3. The van der Waals surface area contributed by atoms with Crippen molar-refractivity contribution in [2.45, 2.75) is 58.0 Å². The normalized spacial score (nSPS) is 20.8. The van der Waals surface area contributed by atoms with Crippen molar-refractivity contribution in [3.05, 3.63) is 0 Å². The third kappa shape index (κ3) is 5.38. The van der Waals surface area contributed by atoms with Crippen LogP contribution < -0.4 is 16.0 Å². The molecule has 6 heteroatoms. The highest BCUT2D eigenvalue weighted by molar-refractivity contribution is 6.00. The van der Waals surface area contributed by atoms with Gasteiger partial charge in [0.2, 0.25) is 17.7 Å². The smallest absolute Gasteiger partial charge is 0.243 e. The van der Waals surface area contributed by atoms with Gasteiger partial charge in [0.05, 0.1) is 12.1 Å². The van der Waals surface area contributed by atoms with Crippen molar-refractivity contribution in [3.8, 4) is 0 Å². The Hall–Kier alpha value is -1.43. The van der Waals surface area contributed by atoms with Gasteiger partial charge in [-0.15, -0.1) is 0 Å². The van der Waals surface area contributed by atoms with Gasteiger partial charge in [-0.1, -0.05) is 19.8 Å². The van der Waals surface area contributed by atoms with Crippen molar-refractivity contribution < 1.29 is 14.4 Å². The first-order valence-corrected chi connectivity index (χ1v) is 6.92. The van der Waals surface area contributed by atoms with Crippen LogP contribution in [0.15, 0.2) is 0 Å². The molecule has 1 fully saturated rings. The summed E-state index contributed by atoms with van der Waals surface area (Å²) in [5.41, 5.74) is 0. The molecule has 2 atom stereocenters. The molecule has 1 rings (SSSR count). The van der Waals surface area contributed by atoms with E-state index in [1.807, 2.05) is 0 Å². The van der Waals surface area contributed by atoms with Crippen LogP contribution in [-0.4, -0.2) is 36.3 Å². The summed E-state index contributed by atoms with van der Waals surface area (Å²) in [4.78, 5) is 34.3. The third-order valence-corrected chi connectivity index (χ3v) is 3.16. The number of unbranched alkanes of at least 4 members (excludes halogenated alkanes) is 2. The quantitative estimate of drug-likeness (QED) is 0.451. The van der Waals surface area contributed by atoms with Gasteiger partial charge in [0, 0.05) is 13.0 Å². The minimum absolute atomic E-state index is 0.110. The van der Waals surface area contributed by atoms with Gasteiger partial charge < -0.3 is 5.32 Å². The van der Waals surface area contributed by atoms with E-state index in [9.17, 15) is 14.4 Å². The van der Waals surface area contributed by atoms with Gasteiger partial charge >= 0.3 is 0 Å². The molecule has 3 N–H and O–H groups in total. The van der Waals surface area contributed by atoms with Gasteiger partial charge in [-0.25, -0.2) is 0 Å². The molecule has 0 aliphatic carbocycles. The summed E-state index contributed by atoms with van der Waals surface area (Å²) in [6, 6.07) is -0.903. The molecule has 1 saturated heterocycles. The predicted molar refractivity (Wildman–Crippen MR) is 71.3 cm³/mol. The van der Waals surface area contributed by atoms with Crippen molar-refractivity contribution in [2.24, 2.45) is 0 Å². The van der Waals surface area contributed by atoms with Gasteiger partial charge in [-0.2, -0.15) is 0 Å². The van der Waals surface area contributed by atoms with Crippen molar-refractivity contribution in [1.82, 2.24) is 16.0 Å². The second-order valence-corrected chi connectivity index (χ2v) is 4.89. The molecule has 0 aromatic heterocycles. The maximum absolute atomic E-state index is 11.8. The van der Waals surface area contributed by atoms with E-state index >= 15 is 0 Å². The van der Waals surface area contributed by atoms with Crippen LogP contribution in [-0.2, 0) is 14.4 Å². The molecule has 6 nitrogen and oxygen atoms in total. The zero-order chi connectivity index (χ0) is 14.3. The predicted octanol–water partition coefficient (Wildman–Crippen LogP) is 0.0761. The number of rotatable bonds is 7. The Morgan fingerprint density at radius 2 is 2.16 bits per heavy atom. The molecule has 0 aromatic carbocycles. The van der Waals surface area contributed by atoms with Gasteiger partial charge in [0.15, 0.2) is 0 Å². The molecule has 0 radical (unpaired) electrons. The molecule has 19 heavy (non-hydrogen) atoms. The molecule has 0 spiro atoms. The van der Waals surface area contributed by atoms with E-state index in [2.05, 4.69) is 22.9 Å². The van der Waals surface area contributed by atoms with Gasteiger partial charge in [-0.05, 0) is 19.8 Å². The van der Waals surface area contributed by atoms with E-state index in [-0.39, 0.29) is 17.7 Å². The minimum Gasteiger partial charge on any atom is -0.355 e. The maximum Gasteiger partial charge on any atom is 0.243 e. The number of hydrogen-bond acceptors (Lipinski definition) is 4. The lowest BCUT2D eigenvalue weighted by atomic mass is 10.1. The lowest BCUT2D eigenvalue weighted by Gasteiger charge is -2.25. The van der Waals surface area contributed by atoms with Crippen LogP contribution in [0.3, 0.4) is 0 Å². The molecule has 1 aliphatic heterocycles. The van der Waals surface area contributed by atoms with Crippen LogP contribution in [0, 0.1) is 0 Å². The summed E-state index contributed by atoms with van der Waals surface area (Å²) < 4.78 is 0. The Morgan fingerprint density at radius 1 is 1.42 bits per heavy atom. The first kappa shape index (κ1) is 15.6. The SMILES string of the molecule is CCCCCNC(=O)C(C)NC1CCC(=O)NC1=O. The number of piperidine rings is 1. The molecule has 0 bridgehead atoms. The van der Waals surface area contributed by atoms with Crippen LogP contribution in [0.25, 0.3) is 0 Å². The van der Waals surface area contributed by atoms with Crippen LogP contribution >= 0.6 is 0 Å². The summed E-state index contributed by atoms with van der Waals surface area (Å²) in [6.07, 6.45) is 3.93.